The normalized spacial score (nSPS) is 18.9. The standard InChI is InChI=1S/C18H30N2O/c1-3-12-20(15-17-6-5-11-19-13-17)14-16-7-9-18(10-8-16)21-4-2/h7-10,17,19H,3-6,11-15H2,1-2H3. The molecule has 0 saturated carbocycles. The summed E-state index contributed by atoms with van der Waals surface area (Å²) >= 11 is 0. The van der Waals surface area contributed by atoms with Crippen molar-refractivity contribution in [3.63, 3.8) is 0 Å². The van der Waals surface area contributed by atoms with Crippen LogP contribution in [0.4, 0.5) is 0 Å². The van der Waals surface area contributed by atoms with Gasteiger partial charge in [0.1, 0.15) is 5.75 Å². The summed E-state index contributed by atoms with van der Waals surface area (Å²) in [5.74, 6) is 1.78. The zero-order valence-electron chi connectivity index (χ0n) is 13.6. The van der Waals surface area contributed by atoms with Crippen LogP contribution in [-0.4, -0.2) is 37.7 Å². The minimum Gasteiger partial charge on any atom is -0.494 e. The third-order valence-electron chi connectivity index (χ3n) is 4.10. The molecule has 1 aliphatic heterocycles. The Kier molecular flexibility index (Phi) is 7.04. The predicted octanol–water partition coefficient (Wildman–Crippen LogP) is 3.30. The van der Waals surface area contributed by atoms with Gasteiger partial charge in [-0.25, -0.2) is 0 Å². The summed E-state index contributed by atoms with van der Waals surface area (Å²) in [7, 11) is 0. The van der Waals surface area contributed by atoms with E-state index in [0.717, 1.165) is 24.8 Å². The molecule has 0 aliphatic carbocycles. The first-order valence-electron chi connectivity index (χ1n) is 8.46. The smallest absolute Gasteiger partial charge is 0.119 e. The van der Waals surface area contributed by atoms with E-state index in [-0.39, 0.29) is 0 Å². The fourth-order valence-corrected chi connectivity index (χ4v) is 3.11. The van der Waals surface area contributed by atoms with E-state index in [1.807, 2.05) is 6.92 Å². The van der Waals surface area contributed by atoms with E-state index in [0.29, 0.717) is 0 Å². The Hall–Kier alpha value is -1.06. The van der Waals surface area contributed by atoms with Crippen LogP contribution in [0.2, 0.25) is 0 Å². The van der Waals surface area contributed by atoms with Gasteiger partial charge in [0.2, 0.25) is 0 Å². The molecule has 3 heteroatoms. The maximum Gasteiger partial charge on any atom is 0.119 e. The largest absolute Gasteiger partial charge is 0.494 e. The molecule has 1 saturated heterocycles. The summed E-state index contributed by atoms with van der Waals surface area (Å²) in [6.07, 6.45) is 3.92. The summed E-state index contributed by atoms with van der Waals surface area (Å²) in [6.45, 7) is 10.9. The highest BCUT2D eigenvalue weighted by molar-refractivity contribution is 5.27. The topological polar surface area (TPSA) is 24.5 Å². The maximum atomic E-state index is 5.51. The molecule has 1 aromatic rings. The van der Waals surface area contributed by atoms with E-state index >= 15 is 0 Å². The molecule has 1 aliphatic rings. The van der Waals surface area contributed by atoms with Gasteiger partial charge in [-0.3, -0.25) is 4.90 Å². The molecule has 1 heterocycles. The van der Waals surface area contributed by atoms with E-state index in [9.17, 15) is 0 Å². The monoisotopic (exact) mass is 290 g/mol. The van der Waals surface area contributed by atoms with Crippen LogP contribution in [0.1, 0.15) is 38.7 Å². The third kappa shape index (κ3) is 5.68. The molecule has 21 heavy (non-hydrogen) atoms. The molecular weight excluding hydrogens is 260 g/mol. The van der Waals surface area contributed by atoms with Crippen molar-refractivity contribution in [2.24, 2.45) is 5.92 Å². The quantitative estimate of drug-likeness (QED) is 0.795. The number of nitrogens with zero attached hydrogens (tertiary/aromatic N) is 1. The minimum atomic E-state index is 0.732. The first kappa shape index (κ1) is 16.3. The van der Waals surface area contributed by atoms with Gasteiger partial charge in [-0.15, -0.1) is 0 Å². The Labute approximate surface area is 129 Å². The van der Waals surface area contributed by atoms with E-state index in [2.05, 4.69) is 41.4 Å². The van der Waals surface area contributed by atoms with Crippen molar-refractivity contribution in [1.82, 2.24) is 10.2 Å². The molecule has 1 aromatic carbocycles. The van der Waals surface area contributed by atoms with Crippen molar-refractivity contribution in [2.45, 2.75) is 39.7 Å². The van der Waals surface area contributed by atoms with Gasteiger partial charge in [0.25, 0.3) is 0 Å². The fraction of sp³-hybridized carbons (Fsp3) is 0.667. The number of benzene rings is 1. The maximum absolute atomic E-state index is 5.51. The number of ether oxygens (including phenoxy) is 1. The lowest BCUT2D eigenvalue weighted by Gasteiger charge is -2.30. The number of hydrogen-bond acceptors (Lipinski definition) is 3. The Bertz CT molecular complexity index is 385. The predicted molar refractivity (Wildman–Crippen MR) is 88.8 cm³/mol. The Morgan fingerprint density at radius 2 is 2.05 bits per heavy atom. The second kappa shape index (κ2) is 9.06. The average Bonchev–Trinajstić information content (AvgIpc) is 2.51. The summed E-state index contributed by atoms with van der Waals surface area (Å²) in [6, 6.07) is 8.58. The number of nitrogens with one attached hydrogen (secondary N) is 1. The molecule has 1 unspecified atom stereocenters. The molecule has 1 N–H and O–H groups in total. The lowest BCUT2D eigenvalue weighted by Crippen LogP contribution is -2.38. The lowest BCUT2D eigenvalue weighted by molar-refractivity contribution is 0.201. The van der Waals surface area contributed by atoms with E-state index < -0.39 is 0 Å². The van der Waals surface area contributed by atoms with Crippen LogP contribution in [0.15, 0.2) is 24.3 Å². The minimum absolute atomic E-state index is 0.732. The molecule has 0 radical (unpaired) electrons. The summed E-state index contributed by atoms with van der Waals surface area (Å²) in [4.78, 5) is 2.60. The Morgan fingerprint density at radius 1 is 1.24 bits per heavy atom. The second-order valence-corrected chi connectivity index (χ2v) is 6.02. The zero-order chi connectivity index (χ0) is 14.9. The van der Waals surface area contributed by atoms with Gasteiger partial charge in [0.15, 0.2) is 0 Å². The van der Waals surface area contributed by atoms with Gasteiger partial charge in [0.05, 0.1) is 6.61 Å². The fourth-order valence-electron chi connectivity index (χ4n) is 3.11. The van der Waals surface area contributed by atoms with Gasteiger partial charge in [0, 0.05) is 13.1 Å². The summed E-state index contributed by atoms with van der Waals surface area (Å²) < 4.78 is 5.51. The highest BCUT2D eigenvalue weighted by Crippen LogP contribution is 2.17. The number of rotatable bonds is 8. The Balaban J connectivity index is 1.88. The van der Waals surface area contributed by atoms with Gasteiger partial charge < -0.3 is 10.1 Å². The van der Waals surface area contributed by atoms with Crippen LogP contribution < -0.4 is 10.1 Å². The number of hydrogen-bond donors (Lipinski definition) is 1. The molecule has 0 spiro atoms. The molecule has 0 amide bonds. The first-order valence-corrected chi connectivity index (χ1v) is 8.46. The van der Waals surface area contributed by atoms with Crippen LogP contribution in [0.5, 0.6) is 5.75 Å². The highest BCUT2D eigenvalue weighted by atomic mass is 16.5. The molecule has 0 aromatic heterocycles. The molecule has 0 bridgehead atoms. The van der Waals surface area contributed by atoms with E-state index in [1.165, 1.54) is 51.0 Å². The molecule has 3 nitrogen and oxygen atoms in total. The lowest BCUT2D eigenvalue weighted by atomic mass is 9.98. The zero-order valence-corrected chi connectivity index (χ0v) is 13.6. The van der Waals surface area contributed by atoms with E-state index in [4.69, 9.17) is 4.74 Å². The highest BCUT2D eigenvalue weighted by Gasteiger charge is 2.16. The van der Waals surface area contributed by atoms with Crippen molar-refractivity contribution >= 4 is 0 Å². The average molecular weight is 290 g/mol. The Morgan fingerprint density at radius 3 is 2.67 bits per heavy atom. The summed E-state index contributed by atoms with van der Waals surface area (Å²) in [5, 5.41) is 3.52. The van der Waals surface area contributed by atoms with Crippen LogP contribution >= 0.6 is 0 Å². The van der Waals surface area contributed by atoms with Crippen molar-refractivity contribution in [3.8, 4) is 5.75 Å². The van der Waals surface area contributed by atoms with Gasteiger partial charge in [-0.05, 0) is 69.4 Å². The van der Waals surface area contributed by atoms with Crippen molar-refractivity contribution in [3.05, 3.63) is 29.8 Å². The molecule has 118 valence electrons. The van der Waals surface area contributed by atoms with Crippen molar-refractivity contribution in [2.75, 3.05) is 32.8 Å². The van der Waals surface area contributed by atoms with Crippen LogP contribution in [0.25, 0.3) is 0 Å². The third-order valence-corrected chi connectivity index (χ3v) is 4.10. The molecule has 1 atom stereocenters. The van der Waals surface area contributed by atoms with Crippen molar-refractivity contribution in [1.29, 1.82) is 0 Å². The first-order chi connectivity index (χ1) is 10.3. The molecular formula is C18H30N2O. The number of piperidine rings is 1. The molecule has 2 rings (SSSR count). The molecule has 1 fully saturated rings. The van der Waals surface area contributed by atoms with Gasteiger partial charge in [-0.1, -0.05) is 19.1 Å². The van der Waals surface area contributed by atoms with Crippen LogP contribution in [0, 0.1) is 5.92 Å². The van der Waals surface area contributed by atoms with Crippen LogP contribution in [0.3, 0.4) is 0 Å². The van der Waals surface area contributed by atoms with E-state index in [1.54, 1.807) is 0 Å². The van der Waals surface area contributed by atoms with Gasteiger partial charge in [-0.2, -0.15) is 0 Å². The summed E-state index contributed by atoms with van der Waals surface area (Å²) in [5.41, 5.74) is 1.38. The second-order valence-electron chi connectivity index (χ2n) is 6.02. The van der Waals surface area contributed by atoms with Crippen molar-refractivity contribution < 1.29 is 4.74 Å². The van der Waals surface area contributed by atoms with Crippen LogP contribution in [-0.2, 0) is 6.54 Å². The SMILES string of the molecule is CCCN(Cc1ccc(OCC)cc1)CC1CCCNC1. The van der Waals surface area contributed by atoms with Gasteiger partial charge >= 0.3 is 0 Å².